The smallest absolute Gasteiger partial charge is 0.154 e. The summed E-state index contributed by atoms with van der Waals surface area (Å²) in [6, 6.07) is 0. The van der Waals surface area contributed by atoms with Crippen molar-refractivity contribution in [3.8, 4) is 0 Å². The van der Waals surface area contributed by atoms with Crippen molar-refractivity contribution in [3.63, 3.8) is 0 Å². The molecule has 2 unspecified atom stereocenters. The molecule has 1 N–H and O–H groups in total. The Labute approximate surface area is 55.8 Å². The van der Waals surface area contributed by atoms with Gasteiger partial charge in [-0.05, 0) is 25.2 Å². The van der Waals surface area contributed by atoms with Gasteiger partial charge in [-0.15, -0.1) is 0 Å². The normalized spacial score (nSPS) is 38.0. The van der Waals surface area contributed by atoms with Crippen molar-refractivity contribution < 1.29 is 9.84 Å². The predicted molar refractivity (Wildman–Crippen MR) is 35.0 cm³/mol. The summed E-state index contributed by atoms with van der Waals surface area (Å²) in [4.78, 5) is 0. The van der Waals surface area contributed by atoms with E-state index in [0.717, 1.165) is 31.8 Å². The molecule has 54 valence electrons. The first-order valence-corrected chi connectivity index (χ1v) is 3.58. The Morgan fingerprint density at radius 1 is 1.33 bits per heavy atom. The zero-order valence-corrected chi connectivity index (χ0v) is 5.84. The SMILES string of the molecule is CC1CCOC(O)CC1. The van der Waals surface area contributed by atoms with Crippen LogP contribution in [0.1, 0.15) is 26.2 Å². The van der Waals surface area contributed by atoms with Crippen LogP contribution in [0.15, 0.2) is 0 Å². The van der Waals surface area contributed by atoms with Crippen LogP contribution in [0.3, 0.4) is 0 Å². The average molecular weight is 130 g/mol. The van der Waals surface area contributed by atoms with Crippen molar-refractivity contribution in [2.24, 2.45) is 5.92 Å². The lowest BCUT2D eigenvalue weighted by atomic mass is 10.0. The third-order valence-electron chi connectivity index (χ3n) is 1.83. The van der Waals surface area contributed by atoms with Crippen molar-refractivity contribution in [3.05, 3.63) is 0 Å². The van der Waals surface area contributed by atoms with E-state index in [4.69, 9.17) is 9.84 Å². The Kier molecular flexibility index (Phi) is 2.49. The summed E-state index contributed by atoms with van der Waals surface area (Å²) in [5.41, 5.74) is 0. The Bertz CT molecular complexity index is 73.0. The molecule has 0 aromatic heterocycles. The van der Waals surface area contributed by atoms with Crippen LogP contribution < -0.4 is 0 Å². The number of hydrogen-bond acceptors (Lipinski definition) is 2. The summed E-state index contributed by atoms with van der Waals surface area (Å²) in [6.45, 7) is 2.92. The minimum atomic E-state index is -0.491. The van der Waals surface area contributed by atoms with Crippen molar-refractivity contribution in [1.82, 2.24) is 0 Å². The number of ether oxygens (including phenoxy) is 1. The average Bonchev–Trinajstić information content (AvgIpc) is 1.97. The van der Waals surface area contributed by atoms with Crippen LogP contribution in [0.2, 0.25) is 0 Å². The van der Waals surface area contributed by atoms with E-state index in [1.807, 2.05) is 0 Å². The van der Waals surface area contributed by atoms with Crippen molar-refractivity contribution >= 4 is 0 Å². The van der Waals surface area contributed by atoms with Gasteiger partial charge in [0, 0.05) is 6.61 Å². The van der Waals surface area contributed by atoms with Gasteiger partial charge >= 0.3 is 0 Å². The van der Waals surface area contributed by atoms with E-state index in [-0.39, 0.29) is 0 Å². The molecule has 0 amide bonds. The third kappa shape index (κ3) is 2.33. The molecule has 9 heavy (non-hydrogen) atoms. The van der Waals surface area contributed by atoms with Gasteiger partial charge in [0.2, 0.25) is 0 Å². The lowest BCUT2D eigenvalue weighted by Gasteiger charge is -2.04. The summed E-state index contributed by atoms with van der Waals surface area (Å²) >= 11 is 0. The minimum Gasteiger partial charge on any atom is -0.368 e. The van der Waals surface area contributed by atoms with E-state index in [0.29, 0.717) is 0 Å². The maximum Gasteiger partial charge on any atom is 0.154 e. The molecule has 0 spiro atoms. The topological polar surface area (TPSA) is 29.5 Å². The molecule has 1 saturated heterocycles. The van der Waals surface area contributed by atoms with E-state index in [2.05, 4.69) is 6.92 Å². The zero-order chi connectivity index (χ0) is 6.69. The van der Waals surface area contributed by atoms with Crippen LogP contribution in [0.4, 0.5) is 0 Å². The van der Waals surface area contributed by atoms with E-state index in [1.165, 1.54) is 0 Å². The zero-order valence-electron chi connectivity index (χ0n) is 5.84. The van der Waals surface area contributed by atoms with Gasteiger partial charge in [0.1, 0.15) is 0 Å². The lowest BCUT2D eigenvalue weighted by Crippen LogP contribution is -2.08. The van der Waals surface area contributed by atoms with Gasteiger partial charge < -0.3 is 9.84 Å². The van der Waals surface area contributed by atoms with Crippen LogP contribution in [-0.2, 0) is 4.74 Å². The molecule has 1 aliphatic rings. The van der Waals surface area contributed by atoms with Gasteiger partial charge in [0.25, 0.3) is 0 Å². The number of aliphatic hydroxyl groups is 1. The van der Waals surface area contributed by atoms with Gasteiger partial charge in [-0.1, -0.05) is 6.92 Å². The van der Waals surface area contributed by atoms with E-state index in [1.54, 1.807) is 0 Å². The van der Waals surface area contributed by atoms with Gasteiger partial charge in [-0.2, -0.15) is 0 Å². The van der Waals surface area contributed by atoms with Gasteiger partial charge in [0.15, 0.2) is 6.29 Å². The molecular weight excluding hydrogens is 116 g/mol. The number of rotatable bonds is 0. The Balaban J connectivity index is 2.25. The molecule has 2 nitrogen and oxygen atoms in total. The highest BCUT2D eigenvalue weighted by Crippen LogP contribution is 2.16. The van der Waals surface area contributed by atoms with Crippen LogP contribution >= 0.6 is 0 Å². The van der Waals surface area contributed by atoms with Crippen molar-refractivity contribution in [1.29, 1.82) is 0 Å². The third-order valence-corrected chi connectivity index (χ3v) is 1.83. The molecule has 2 heteroatoms. The summed E-state index contributed by atoms with van der Waals surface area (Å²) in [5, 5.41) is 8.98. The van der Waals surface area contributed by atoms with Crippen molar-refractivity contribution in [2.45, 2.75) is 32.5 Å². The molecule has 0 aliphatic carbocycles. The molecule has 0 aromatic rings. The first-order valence-electron chi connectivity index (χ1n) is 3.58. The Morgan fingerprint density at radius 2 is 2.11 bits per heavy atom. The number of hydrogen-bond donors (Lipinski definition) is 1. The molecule has 0 radical (unpaired) electrons. The second-order valence-corrected chi connectivity index (χ2v) is 2.80. The highest BCUT2D eigenvalue weighted by atomic mass is 16.6. The lowest BCUT2D eigenvalue weighted by molar-refractivity contribution is -0.0955. The first kappa shape index (κ1) is 7.03. The Hall–Kier alpha value is -0.0800. The largest absolute Gasteiger partial charge is 0.368 e. The van der Waals surface area contributed by atoms with Crippen LogP contribution in [0.5, 0.6) is 0 Å². The summed E-state index contributed by atoms with van der Waals surface area (Å²) in [6.07, 6.45) is 2.51. The molecule has 1 fully saturated rings. The molecule has 1 heterocycles. The van der Waals surface area contributed by atoms with Crippen molar-refractivity contribution in [2.75, 3.05) is 6.61 Å². The Morgan fingerprint density at radius 3 is 2.89 bits per heavy atom. The summed E-state index contributed by atoms with van der Waals surface area (Å²) < 4.78 is 5.03. The highest BCUT2D eigenvalue weighted by molar-refractivity contribution is 4.58. The highest BCUT2D eigenvalue weighted by Gasteiger charge is 2.12. The molecule has 1 aliphatic heterocycles. The van der Waals surface area contributed by atoms with Crippen LogP contribution in [-0.4, -0.2) is 18.0 Å². The maximum atomic E-state index is 8.98. The molecule has 0 aromatic carbocycles. The van der Waals surface area contributed by atoms with Crippen LogP contribution in [0, 0.1) is 5.92 Å². The molecule has 2 atom stereocenters. The minimum absolute atomic E-state index is 0.491. The standard InChI is InChI=1S/C7H14O2/c1-6-2-3-7(8)9-5-4-6/h6-8H,2-5H2,1H3. The quantitative estimate of drug-likeness (QED) is 0.533. The fourth-order valence-corrected chi connectivity index (χ4v) is 1.06. The molecule has 0 saturated carbocycles. The molecule has 0 bridgehead atoms. The van der Waals surface area contributed by atoms with Gasteiger partial charge in [-0.3, -0.25) is 0 Å². The van der Waals surface area contributed by atoms with Gasteiger partial charge in [0.05, 0.1) is 0 Å². The first-order chi connectivity index (χ1) is 4.29. The monoisotopic (exact) mass is 130 g/mol. The summed E-state index contributed by atoms with van der Waals surface area (Å²) in [5.74, 6) is 0.724. The second-order valence-electron chi connectivity index (χ2n) is 2.80. The van der Waals surface area contributed by atoms with E-state index in [9.17, 15) is 0 Å². The summed E-state index contributed by atoms with van der Waals surface area (Å²) in [7, 11) is 0. The number of aliphatic hydroxyl groups excluding tert-OH is 1. The molecular formula is C7H14O2. The molecule has 1 rings (SSSR count). The van der Waals surface area contributed by atoms with Gasteiger partial charge in [-0.25, -0.2) is 0 Å². The van der Waals surface area contributed by atoms with E-state index < -0.39 is 6.29 Å². The predicted octanol–water partition coefficient (Wildman–Crippen LogP) is 1.14. The van der Waals surface area contributed by atoms with Crippen LogP contribution in [0.25, 0.3) is 0 Å². The fraction of sp³-hybridized carbons (Fsp3) is 1.00. The second kappa shape index (κ2) is 3.18. The van der Waals surface area contributed by atoms with E-state index >= 15 is 0 Å². The maximum absolute atomic E-state index is 8.98. The fourth-order valence-electron chi connectivity index (χ4n) is 1.06.